The summed E-state index contributed by atoms with van der Waals surface area (Å²) in [6.07, 6.45) is 1.98. The van der Waals surface area contributed by atoms with Gasteiger partial charge in [0, 0.05) is 42.3 Å². The zero-order valence-corrected chi connectivity index (χ0v) is 12.8. The summed E-state index contributed by atoms with van der Waals surface area (Å²) >= 11 is 0. The second kappa shape index (κ2) is 6.26. The molecule has 1 saturated carbocycles. The minimum absolute atomic E-state index is 0.0712. The third kappa shape index (κ3) is 3.70. The lowest BCUT2D eigenvalue weighted by atomic mass is 9.81. The maximum atomic E-state index is 13.2. The molecule has 118 valence electrons. The number of hydrogen-bond acceptors (Lipinski definition) is 3. The van der Waals surface area contributed by atoms with Crippen LogP contribution in [-0.2, 0) is 6.42 Å². The summed E-state index contributed by atoms with van der Waals surface area (Å²) in [6, 6.07) is 0. The third-order valence-corrected chi connectivity index (χ3v) is 4.46. The fourth-order valence-electron chi connectivity index (χ4n) is 3.09. The van der Waals surface area contributed by atoms with Crippen molar-refractivity contribution in [2.75, 3.05) is 7.11 Å². The first-order valence-corrected chi connectivity index (χ1v) is 7.39. The molecule has 1 aliphatic rings. The van der Waals surface area contributed by atoms with Gasteiger partial charge in [0.05, 0.1) is 13.2 Å². The SMILES string of the molecule is COc1c(C)cnc(CC(O)C2CCC(F)(F)CC2)c1C. The van der Waals surface area contributed by atoms with E-state index in [1.807, 2.05) is 13.8 Å². The van der Waals surface area contributed by atoms with E-state index in [0.29, 0.717) is 19.3 Å². The molecule has 1 fully saturated rings. The molecule has 1 aromatic heterocycles. The van der Waals surface area contributed by atoms with Crippen molar-refractivity contribution in [3.63, 3.8) is 0 Å². The quantitative estimate of drug-likeness (QED) is 0.926. The highest BCUT2D eigenvalue weighted by atomic mass is 19.3. The molecule has 5 heteroatoms. The van der Waals surface area contributed by atoms with Gasteiger partial charge in [-0.25, -0.2) is 8.78 Å². The number of alkyl halides is 2. The van der Waals surface area contributed by atoms with Crippen molar-refractivity contribution in [1.82, 2.24) is 4.98 Å². The summed E-state index contributed by atoms with van der Waals surface area (Å²) in [5.41, 5.74) is 2.64. The van der Waals surface area contributed by atoms with E-state index in [2.05, 4.69) is 4.98 Å². The largest absolute Gasteiger partial charge is 0.496 e. The van der Waals surface area contributed by atoms with E-state index in [0.717, 1.165) is 22.6 Å². The molecule has 1 aliphatic carbocycles. The Morgan fingerprint density at radius 2 is 2.00 bits per heavy atom. The van der Waals surface area contributed by atoms with Crippen LogP contribution in [0.4, 0.5) is 8.78 Å². The van der Waals surface area contributed by atoms with Crippen molar-refractivity contribution in [2.24, 2.45) is 5.92 Å². The lowest BCUT2D eigenvalue weighted by molar-refractivity contribution is -0.0620. The van der Waals surface area contributed by atoms with E-state index in [9.17, 15) is 13.9 Å². The minimum Gasteiger partial charge on any atom is -0.496 e. The monoisotopic (exact) mass is 299 g/mol. The summed E-state index contributed by atoms with van der Waals surface area (Å²) in [5.74, 6) is -1.85. The maximum Gasteiger partial charge on any atom is 0.248 e. The second-order valence-corrected chi connectivity index (χ2v) is 6.01. The maximum absolute atomic E-state index is 13.2. The van der Waals surface area contributed by atoms with Gasteiger partial charge in [0.25, 0.3) is 0 Å². The molecule has 1 atom stereocenters. The Kier molecular flexibility index (Phi) is 4.81. The second-order valence-electron chi connectivity index (χ2n) is 6.01. The molecule has 0 amide bonds. The van der Waals surface area contributed by atoms with Crippen molar-refractivity contribution in [2.45, 2.75) is 58.0 Å². The molecule has 0 saturated heterocycles. The lowest BCUT2D eigenvalue weighted by Crippen LogP contribution is -2.32. The van der Waals surface area contributed by atoms with Gasteiger partial charge in [0.15, 0.2) is 0 Å². The number of ether oxygens (including phenoxy) is 1. The van der Waals surface area contributed by atoms with Gasteiger partial charge in [0.1, 0.15) is 5.75 Å². The van der Waals surface area contributed by atoms with Crippen LogP contribution in [0.2, 0.25) is 0 Å². The molecule has 1 N–H and O–H groups in total. The van der Waals surface area contributed by atoms with E-state index in [1.54, 1.807) is 13.3 Å². The Bertz CT molecular complexity index is 495. The molecule has 1 unspecified atom stereocenters. The molecule has 2 rings (SSSR count). The summed E-state index contributed by atoms with van der Waals surface area (Å²) in [7, 11) is 1.61. The molecule has 21 heavy (non-hydrogen) atoms. The molecule has 0 bridgehead atoms. The van der Waals surface area contributed by atoms with Gasteiger partial charge < -0.3 is 9.84 Å². The predicted molar refractivity (Wildman–Crippen MR) is 76.9 cm³/mol. The molecule has 0 radical (unpaired) electrons. The number of aromatic nitrogens is 1. The summed E-state index contributed by atoms with van der Waals surface area (Å²) in [6.45, 7) is 3.83. The normalized spacial score (nSPS) is 20.3. The van der Waals surface area contributed by atoms with Crippen LogP contribution >= 0.6 is 0 Å². The number of rotatable bonds is 4. The molecule has 3 nitrogen and oxygen atoms in total. The first-order valence-electron chi connectivity index (χ1n) is 7.39. The van der Waals surface area contributed by atoms with Gasteiger partial charge in [-0.15, -0.1) is 0 Å². The number of pyridine rings is 1. The predicted octanol–water partition coefficient (Wildman–Crippen LogP) is 3.44. The first-order chi connectivity index (χ1) is 9.84. The number of methoxy groups -OCH3 is 1. The molecule has 0 aliphatic heterocycles. The van der Waals surface area contributed by atoms with Crippen LogP contribution < -0.4 is 4.74 Å². The number of nitrogens with zero attached hydrogens (tertiary/aromatic N) is 1. The summed E-state index contributed by atoms with van der Waals surface area (Å²) in [5, 5.41) is 10.3. The molecule has 1 aromatic rings. The Hall–Kier alpha value is -1.23. The molecule has 1 heterocycles. The standard InChI is InChI=1S/C16H23F2NO2/c1-10-9-19-13(11(2)15(10)21-3)8-14(20)12-4-6-16(17,18)7-5-12/h9,12,14,20H,4-8H2,1-3H3. The highest BCUT2D eigenvalue weighted by Gasteiger charge is 2.37. The average Bonchev–Trinajstić information content (AvgIpc) is 2.42. The zero-order chi connectivity index (χ0) is 15.6. The van der Waals surface area contributed by atoms with Crippen molar-refractivity contribution < 1.29 is 18.6 Å². The molecule has 0 aromatic carbocycles. The van der Waals surface area contributed by atoms with Crippen LogP contribution in [0.3, 0.4) is 0 Å². The van der Waals surface area contributed by atoms with E-state index < -0.39 is 12.0 Å². The fourth-order valence-corrected chi connectivity index (χ4v) is 3.09. The third-order valence-electron chi connectivity index (χ3n) is 4.46. The van der Waals surface area contributed by atoms with Crippen LogP contribution in [0.1, 0.15) is 42.5 Å². The Morgan fingerprint density at radius 3 is 2.57 bits per heavy atom. The number of aliphatic hydroxyl groups is 1. The minimum atomic E-state index is -2.56. The average molecular weight is 299 g/mol. The summed E-state index contributed by atoms with van der Waals surface area (Å²) < 4.78 is 31.7. The van der Waals surface area contributed by atoms with E-state index in [1.165, 1.54) is 0 Å². The topological polar surface area (TPSA) is 42.4 Å². The van der Waals surface area contributed by atoms with E-state index in [-0.39, 0.29) is 18.8 Å². The van der Waals surface area contributed by atoms with Gasteiger partial charge in [-0.05, 0) is 32.6 Å². The van der Waals surface area contributed by atoms with Gasteiger partial charge in [0.2, 0.25) is 5.92 Å². The Balaban J connectivity index is 2.05. The van der Waals surface area contributed by atoms with E-state index >= 15 is 0 Å². The van der Waals surface area contributed by atoms with Crippen LogP contribution in [-0.4, -0.2) is 29.2 Å². The Morgan fingerprint density at radius 1 is 1.38 bits per heavy atom. The molecular weight excluding hydrogens is 276 g/mol. The van der Waals surface area contributed by atoms with Crippen LogP contribution in [0.5, 0.6) is 5.75 Å². The van der Waals surface area contributed by atoms with Crippen LogP contribution in [0.25, 0.3) is 0 Å². The first kappa shape index (κ1) is 16.1. The zero-order valence-electron chi connectivity index (χ0n) is 12.8. The number of halogens is 2. The lowest BCUT2D eigenvalue weighted by Gasteiger charge is -2.31. The van der Waals surface area contributed by atoms with E-state index in [4.69, 9.17) is 4.74 Å². The smallest absolute Gasteiger partial charge is 0.248 e. The van der Waals surface area contributed by atoms with Crippen molar-refractivity contribution in [3.8, 4) is 5.75 Å². The van der Waals surface area contributed by atoms with Crippen molar-refractivity contribution in [3.05, 3.63) is 23.0 Å². The van der Waals surface area contributed by atoms with Gasteiger partial charge in [-0.3, -0.25) is 4.98 Å². The number of aryl methyl sites for hydroxylation is 1. The molecular formula is C16H23F2NO2. The highest BCUT2D eigenvalue weighted by Crippen LogP contribution is 2.38. The van der Waals surface area contributed by atoms with Crippen LogP contribution in [0.15, 0.2) is 6.20 Å². The van der Waals surface area contributed by atoms with Crippen LogP contribution in [0, 0.1) is 19.8 Å². The molecule has 0 spiro atoms. The highest BCUT2D eigenvalue weighted by molar-refractivity contribution is 5.41. The van der Waals surface area contributed by atoms with Crippen molar-refractivity contribution >= 4 is 0 Å². The van der Waals surface area contributed by atoms with Crippen molar-refractivity contribution in [1.29, 1.82) is 0 Å². The number of aliphatic hydroxyl groups excluding tert-OH is 1. The van der Waals surface area contributed by atoms with Gasteiger partial charge in [-0.2, -0.15) is 0 Å². The fraction of sp³-hybridized carbons (Fsp3) is 0.688. The van der Waals surface area contributed by atoms with Gasteiger partial charge in [-0.1, -0.05) is 0 Å². The number of hydrogen-bond donors (Lipinski definition) is 1. The Labute approximate surface area is 124 Å². The summed E-state index contributed by atoms with van der Waals surface area (Å²) in [4.78, 5) is 4.36. The van der Waals surface area contributed by atoms with Gasteiger partial charge >= 0.3 is 0 Å².